The normalized spacial score (nSPS) is 11.4. The number of thioether (sulfide) groups is 1. The average Bonchev–Trinajstić information content (AvgIpc) is 2.97. The van der Waals surface area contributed by atoms with Crippen molar-refractivity contribution in [1.82, 2.24) is 10.3 Å². The molecule has 38 heavy (non-hydrogen) atoms. The van der Waals surface area contributed by atoms with Gasteiger partial charge in [0.2, 0.25) is 0 Å². The van der Waals surface area contributed by atoms with Gasteiger partial charge in [0.25, 0.3) is 5.91 Å². The quantitative estimate of drug-likeness (QED) is 0.153. The van der Waals surface area contributed by atoms with Gasteiger partial charge in [-0.3, -0.25) is 14.6 Å². The van der Waals surface area contributed by atoms with Gasteiger partial charge in [0.1, 0.15) is 17.6 Å². The summed E-state index contributed by atoms with van der Waals surface area (Å²) in [7, 11) is 1.41. The van der Waals surface area contributed by atoms with Crippen LogP contribution >= 0.6 is 11.8 Å². The molecule has 6 nitrogen and oxygen atoms in total. The molecule has 0 aliphatic rings. The highest BCUT2D eigenvalue weighted by Gasteiger charge is 2.21. The largest absolute Gasteiger partial charge is 0.492 e. The van der Waals surface area contributed by atoms with Crippen molar-refractivity contribution in [3.8, 4) is 17.0 Å². The number of carbonyl (C=O) groups excluding carboxylic acids is 2. The first-order valence-corrected chi connectivity index (χ1v) is 13.2. The lowest BCUT2D eigenvalue weighted by molar-refractivity contribution is -0.139. The minimum absolute atomic E-state index is 0.156. The van der Waals surface area contributed by atoms with E-state index in [1.807, 2.05) is 85.8 Å². The first-order chi connectivity index (χ1) is 18.5. The molecule has 1 unspecified atom stereocenters. The van der Waals surface area contributed by atoms with Crippen LogP contribution in [0.1, 0.15) is 21.5 Å². The number of nitrogens with zero attached hydrogens (tertiary/aromatic N) is 1. The molecule has 1 N–H and O–H groups in total. The number of methoxy groups -OCH3 is 1. The fourth-order valence-electron chi connectivity index (χ4n) is 3.78. The molecule has 1 aromatic heterocycles. The zero-order valence-electron chi connectivity index (χ0n) is 21.4. The lowest BCUT2D eigenvalue weighted by Gasteiger charge is -2.15. The van der Waals surface area contributed by atoms with Gasteiger partial charge in [0.15, 0.2) is 0 Å². The first-order valence-electron chi connectivity index (χ1n) is 12.3. The Hall–Kier alpha value is -4.10. The summed E-state index contributed by atoms with van der Waals surface area (Å²) in [6.07, 6.45) is 2.29. The standard InChI is InChI=1S/C31H30N2O4S/c1-22-6-16-27(17-7-22)38-29(31(35)36-2)21-23-8-14-26(15-9-23)37-20-19-33-30(34)25-12-10-24(11-13-25)28-5-3-4-18-32-28/h3-18,29H,19-21H2,1-2H3,(H,33,34). The lowest BCUT2D eigenvalue weighted by Crippen LogP contribution is -2.28. The maximum Gasteiger partial charge on any atom is 0.319 e. The summed E-state index contributed by atoms with van der Waals surface area (Å²) in [6, 6.07) is 28.8. The van der Waals surface area contributed by atoms with Gasteiger partial charge in [-0.25, -0.2) is 0 Å². The number of hydrogen-bond donors (Lipinski definition) is 1. The van der Waals surface area contributed by atoms with Crippen LogP contribution in [0.15, 0.2) is 102 Å². The number of carbonyl (C=O) groups is 2. The number of benzene rings is 3. The van der Waals surface area contributed by atoms with Gasteiger partial charge in [0.05, 0.1) is 19.3 Å². The van der Waals surface area contributed by atoms with Crippen molar-refractivity contribution >= 4 is 23.6 Å². The monoisotopic (exact) mass is 526 g/mol. The highest BCUT2D eigenvalue weighted by atomic mass is 32.2. The molecule has 194 valence electrons. The Morgan fingerprint density at radius 3 is 2.32 bits per heavy atom. The van der Waals surface area contributed by atoms with Gasteiger partial charge in [-0.05, 0) is 67.4 Å². The van der Waals surface area contributed by atoms with Gasteiger partial charge < -0.3 is 14.8 Å². The molecular weight excluding hydrogens is 496 g/mol. The molecule has 0 aliphatic heterocycles. The van der Waals surface area contributed by atoms with Gasteiger partial charge in [-0.15, -0.1) is 11.8 Å². The first kappa shape index (κ1) is 26.9. The Balaban J connectivity index is 1.23. The average molecular weight is 527 g/mol. The third-order valence-corrected chi connectivity index (χ3v) is 7.06. The van der Waals surface area contributed by atoms with Gasteiger partial charge in [0, 0.05) is 22.2 Å². The van der Waals surface area contributed by atoms with E-state index in [-0.39, 0.29) is 17.1 Å². The second kappa shape index (κ2) is 13.4. The SMILES string of the molecule is COC(=O)C(Cc1ccc(OCCNC(=O)c2ccc(-c3ccccn3)cc2)cc1)Sc1ccc(C)cc1. The lowest BCUT2D eigenvalue weighted by atomic mass is 10.1. The topological polar surface area (TPSA) is 77.5 Å². The number of amides is 1. The third kappa shape index (κ3) is 7.70. The molecule has 4 aromatic rings. The molecule has 0 radical (unpaired) electrons. The molecule has 4 rings (SSSR count). The van der Waals surface area contributed by atoms with E-state index in [0.29, 0.717) is 30.9 Å². The minimum Gasteiger partial charge on any atom is -0.492 e. The van der Waals surface area contributed by atoms with Crippen LogP contribution in [0.3, 0.4) is 0 Å². The Labute approximate surface area is 227 Å². The Morgan fingerprint density at radius 2 is 1.66 bits per heavy atom. The van der Waals surface area contributed by atoms with E-state index >= 15 is 0 Å². The number of nitrogens with one attached hydrogen (secondary N) is 1. The van der Waals surface area contributed by atoms with Crippen molar-refractivity contribution < 1.29 is 19.1 Å². The van der Waals surface area contributed by atoms with Crippen LogP contribution in [-0.4, -0.2) is 42.4 Å². The molecule has 1 heterocycles. The van der Waals surface area contributed by atoms with E-state index in [0.717, 1.165) is 21.7 Å². The molecule has 0 fully saturated rings. The Kier molecular flexibility index (Phi) is 9.54. The molecule has 3 aromatic carbocycles. The summed E-state index contributed by atoms with van der Waals surface area (Å²) in [5, 5.41) is 2.53. The number of rotatable bonds is 11. The minimum atomic E-state index is -0.345. The van der Waals surface area contributed by atoms with E-state index in [9.17, 15) is 9.59 Å². The summed E-state index contributed by atoms with van der Waals surface area (Å²) in [4.78, 5) is 30.2. The van der Waals surface area contributed by atoms with Crippen molar-refractivity contribution in [2.45, 2.75) is 23.5 Å². The number of aromatic nitrogens is 1. The number of pyridine rings is 1. The van der Waals surface area contributed by atoms with Crippen molar-refractivity contribution in [2.75, 3.05) is 20.3 Å². The van der Waals surface area contributed by atoms with Crippen LogP contribution in [0.4, 0.5) is 0 Å². The second-order valence-electron chi connectivity index (χ2n) is 8.69. The summed E-state index contributed by atoms with van der Waals surface area (Å²) in [5.74, 6) is 0.290. The van der Waals surface area contributed by atoms with Crippen LogP contribution in [0.5, 0.6) is 5.75 Å². The zero-order valence-corrected chi connectivity index (χ0v) is 22.2. The summed E-state index contributed by atoms with van der Waals surface area (Å²) < 4.78 is 10.8. The highest BCUT2D eigenvalue weighted by molar-refractivity contribution is 8.00. The van der Waals surface area contributed by atoms with Gasteiger partial charge in [-0.1, -0.05) is 48.0 Å². The van der Waals surface area contributed by atoms with Crippen molar-refractivity contribution in [3.05, 3.63) is 114 Å². The Morgan fingerprint density at radius 1 is 0.921 bits per heavy atom. The third-order valence-electron chi connectivity index (χ3n) is 5.87. The van der Waals surface area contributed by atoms with Gasteiger partial charge in [-0.2, -0.15) is 0 Å². The van der Waals surface area contributed by atoms with E-state index in [2.05, 4.69) is 10.3 Å². The second-order valence-corrected chi connectivity index (χ2v) is 9.96. The number of esters is 1. The van der Waals surface area contributed by atoms with E-state index in [1.165, 1.54) is 24.4 Å². The van der Waals surface area contributed by atoms with Crippen LogP contribution < -0.4 is 10.1 Å². The Bertz CT molecular complexity index is 1330. The molecule has 0 bridgehead atoms. The molecule has 0 saturated heterocycles. The predicted molar refractivity (Wildman–Crippen MR) is 150 cm³/mol. The summed E-state index contributed by atoms with van der Waals surface area (Å²) in [5.41, 5.74) is 4.59. The number of hydrogen-bond acceptors (Lipinski definition) is 6. The zero-order chi connectivity index (χ0) is 26.7. The van der Waals surface area contributed by atoms with Gasteiger partial charge >= 0.3 is 5.97 Å². The molecule has 1 atom stereocenters. The molecule has 1 amide bonds. The van der Waals surface area contributed by atoms with E-state index in [1.54, 1.807) is 18.3 Å². The van der Waals surface area contributed by atoms with Crippen molar-refractivity contribution in [2.24, 2.45) is 0 Å². The fourth-order valence-corrected chi connectivity index (χ4v) is 4.87. The fraction of sp³-hybridized carbons (Fsp3) is 0.194. The smallest absolute Gasteiger partial charge is 0.319 e. The molecule has 0 saturated carbocycles. The maximum absolute atomic E-state index is 12.5. The van der Waals surface area contributed by atoms with Crippen molar-refractivity contribution in [3.63, 3.8) is 0 Å². The number of ether oxygens (including phenoxy) is 2. The molecule has 0 spiro atoms. The molecule has 0 aliphatic carbocycles. The van der Waals surface area contributed by atoms with Crippen LogP contribution in [-0.2, 0) is 16.0 Å². The summed E-state index contributed by atoms with van der Waals surface area (Å²) in [6.45, 7) is 2.75. The predicted octanol–water partition coefficient (Wildman–Crippen LogP) is 5.74. The van der Waals surface area contributed by atoms with Crippen LogP contribution in [0, 0.1) is 6.92 Å². The summed E-state index contributed by atoms with van der Waals surface area (Å²) >= 11 is 1.50. The van der Waals surface area contributed by atoms with E-state index < -0.39 is 0 Å². The number of aryl methyl sites for hydroxylation is 1. The highest BCUT2D eigenvalue weighted by Crippen LogP contribution is 2.28. The van der Waals surface area contributed by atoms with Crippen LogP contribution in [0.25, 0.3) is 11.3 Å². The van der Waals surface area contributed by atoms with Crippen LogP contribution in [0.2, 0.25) is 0 Å². The molecule has 7 heteroatoms. The maximum atomic E-state index is 12.5. The van der Waals surface area contributed by atoms with Crippen molar-refractivity contribution in [1.29, 1.82) is 0 Å². The molecular formula is C31H30N2O4S. The van der Waals surface area contributed by atoms with E-state index in [4.69, 9.17) is 9.47 Å².